The molecule has 1 aliphatic rings. The fourth-order valence-electron chi connectivity index (χ4n) is 1.69. The maximum Gasteiger partial charge on any atom is 0.213 e. The molecule has 2 rings (SSSR count). The number of aromatic nitrogens is 1. The number of ether oxygens (including phenoxy) is 1. The van der Waals surface area contributed by atoms with Crippen LogP contribution in [0.15, 0.2) is 24.4 Å². The van der Waals surface area contributed by atoms with Crippen molar-refractivity contribution in [1.82, 2.24) is 9.88 Å². The van der Waals surface area contributed by atoms with E-state index >= 15 is 0 Å². The Bertz CT molecular complexity index is 308. The molecule has 15 heavy (non-hydrogen) atoms. The van der Waals surface area contributed by atoms with E-state index in [-0.39, 0.29) is 6.10 Å². The van der Waals surface area contributed by atoms with Crippen LogP contribution in [0.25, 0.3) is 0 Å². The highest BCUT2D eigenvalue weighted by Gasteiger charge is 2.19. The highest BCUT2D eigenvalue weighted by atomic mass is 16.5. The van der Waals surface area contributed by atoms with Gasteiger partial charge in [-0.25, -0.2) is 4.98 Å². The summed E-state index contributed by atoms with van der Waals surface area (Å²) in [6.07, 6.45) is 4.58. The third kappa shape index (κ3) is 2.68. The molecule has 0 radical (unpaired) electrons. The molecule has 0 atom stereocenters. The maximum atomic E-state index is 10.5. The standard InChI is InChI=1S/C11H14N2O2/c14-9-13-7-4-10(5-8-13)15-11-3-1-2-6-12-11/h1-3,6,9-10H,4-5,7-8H2. The van der Waals surface area contributed by atoms with Crippen molar-refractivity contribution in [2.24, 2.45) is 0 Å². The van der Waals surface area contributed by atoms with Gasteiger partial charge in [-0.05, 0) is 6.07 Å². The molecule has 0 aliphatic carbocycles. The van der Waals surface area contributed by atoms with Crippen LogP contribution in [-0.4, -0.2) is 35.5 Å². The molecule has 0 bridgehead atoms. The predicted octanol–water partition coefficient (Wildman–Crippen LogP) is 1.08. The lowest BCUT2D eigenvalue weighted by molar-refractivity contribution is -0.119. The number of carbonyl (C=O) groups is 1. The number of carbonyl (C=O) groups excluding carboxylic acids is 1. The lowest BCUT2D eigenvalue weighted by Gasteiger charge is -2.29. The Labute approximate surface area is 88.9 Å². The van der Waals surface area contributed by atoms with E-state index in [1.807, 2.05) is 18.2 Å². The first-order chi connectivity index (χ1) is 7.38. The molecule has 2 heterocycles. The van der Waals surface area contributed by atoms with Gasteiger partial charge in [0.05, 0.1) is 0 Å². The topological polar surface area (TPSA) is 42.4 Å². The Morgan fingerprint density at radius 3 is 2.80 bits per heavy atom. The summed E-state index contributed by atoms with van der Waals surface area (Å²) in [7, 11) is 0. The second-order valence-corrected chi connectivity index (χ2v) is 3.63. The zero-order valence-corrected chi connectivity index (χ0v) is 8.50. The van der Waals surface area contributed by atoms with Crippen molar-refractivity contribution in [2.75, 3.05) is 13.1 Å². The fourth-order valence-corrected chi connectivity index (χ4v) is 1.69. The smallest absolute Gasteiger partial charge is 0.213 e. The predicted molar refractivity (Wildman–Crippen MR) is 55.5 cm³/mol. The van der Waals surface area contributed by atoms with Gasteiger partial charge in [-0.2, -0.15) is 0 Å². The number of hydrogen-bond acceptors (Lipinski definition) is 3. The lowest BCUT2D eigenvalue weighted by Crippen LogP contribution is -2.37. The molecule has 80 valence electrons. The quantitative estimate of drug-likeness (QED) is 0.695. The van der Waals surface area contributed by atoms with Crippen LogP contribution < -0.4 is 4.74 Å². The summed E-state index contributed by atoms with van der Waals surface area (Å²) in [5, 5.41) is 0. The highest BCUT2D eigenvalue weighted by molar-refractivity contribution is 5.47. The van der Waals surface area contributed by atoms with E-state index in [9.17, 15) is 4.79 Å². The van der Waals surface area contributed by atoms with E-state index in [4.69, 9.17) is 4.74 Å². The number of likely N-dealkylation sites (tertiary alicyclic amines) is 1. The van der Waals surface area contributed by atoms with E-state index < -0.39 is 0 Å². The molecule has 0 N–H and O–H groups in total. The molecule has 1 saturated heterocycles. The van der Waals surface area contributed by atoms with Gasteiger partial charge < -0.3 is 9.64 Å². The molecule has 1 aliphatic heterocycles. The van der Waals surface area contributed by atoms with E-state index in [0.717, 1.165) is 32.3 Å². The Hall–Kier alpha value is -1.58. The van der Waals surface area contributed by atoms with Crippen molar-refractivity contribution in [3.05, 3.63) is 24.4 Å². The second-order valence-electron chi connectivity index (χ2n) is 3.63. The first-order valence-corrected chi connectivity index (χ1v) is 5.15. The van der Waals surface area contributed by atoms with Crippen LogP contribution >= 0.6 is 0 Å². The summed E-state index contributed by atoms with van der Waals surface area (Å²) in [6.45, 7) is 1.56. The monoisotopic (exact) mass is 206 g/mol. The molecule has 1 aromatic rings. The molecular formula is C11H14N2O2. The van der Waals surface area contributed by atoms with E-state index in [2.05, 4.69) is 4.98 Å². The Morgan fingerprint density at radius 1 is 1.40 bits per heavy atom. The average Bonchev–Trinajstić information content (AvgIpc) is 2.31. The van der Waals surface area contributed by atoms with Crippen LogP contribution in [0.4, 0.5) is 0 Å². The third-order valence-electron chi connectivity index (χ3n) is 2.55. The summed E-state index contributed by atoms with van der Waals surface area (Å²) < 4.78 is 5.69. The van der Waals surface area contributed by atoms with Crippen molar-refractivity contribution in [1.29, 1.82) is 0 Å². The molecule has 0 aromatic carbocycles. The summed E-state index contributed by atoms with van der Waals surface area (Å²) in [5.74, 6) is 0.669. The van der Waals surface area contributed by atoms with E-state index in [0.29, 0.717) is 5.88 Å². The zero-order valence-electron chi connectivity index (χ0n) is 8.50. The number of rotatable bonds is 3. The minimum Gasteiger partial charge on any atom is -0.474 e. The first kappa shape index (κ1) is 9.96. The highest BCUT2D eigenvalue weighted by Crippen LogP contribution is 2.15. The van der Waals surface area contributed by atoms with Crippen molar-refractivity contribution >= 4 is 6.41 Å². The summed E-state index contributed by atoms with van der Waals surface area (Å²) >= 11 is 0. The molecule has 1 amide bonds. The zero-order chi connectivity index (χ0) is 10.5. The first-order valence-electron chi connectivity index (χ1n) is 5.15. The number of pyridine rings is 1. The van der Waals surface area contributed by atoms with Crippen LogP contribution in [0.3, 0.4) is 0 Å². The summed E-state index contributed by atoms with van der Waals surface area (Å²) in [4.78, 5) is 16.4. The van der Waals surface area contributed by atoms with Crippen molar-refractivity contribution in [2.45, 2.75) is 18.9 Å². The number of amides is 1. The van der Waals surface area contributed by atoms with Crippen LogP contribution in [0.2, 0.25) is 0 Å². The molecular weight excluding hydrogens is 192 g/mol. The number of hydrogen-bond donors (Lipinski definition) is 0. The number of nitrogens with zero attached hydrogens (tertiary/aromatic N) is 2. The van der Waals surface area contributed by atoms with Gasteiger partial charge in [0.2, 0.25) is 12.3 Å². The van der Waals surface area contributed by atoms with Gasteiger partial charge in [-0.1, -0.05) is 6.07 Å². The van der Waals surface area contributed by atoms with Gasteiger partial charge >= 0.3 is 0 Å². The van der Waals surface area contributed by atoms with Crippen molar-refractivity contribution in [3.63, 3.8) is 0 Å². The lowest BCUT2D eigenvalue weighted by atomic mass is 10.1. The van der Waals surface area contributed by atoms with Crippen molar-refractivity contribution in [3.8, 4) is 5.88 Å². The largest absolute Gasteiger partial charge is 0.474 e. The Morgan fingerprint density at radius 2 is 2.20 bits per heavy atom. The van der Waals surface area contributed by atoms with Crippen LogP contribution in [0.1, 0.15) is 12.8 Å². The normalized spacial score (nSPS) is 17.5. The van der Waals surface area contributed by atoms with Gasteiger partial charge in [0.1, 0.15) is 6.10 Å². The minimum absolute atomic E-state index is 0.191. The van der Waals surface area contributed by atoms with E-state index in [1.54, 1.807) is 11.1 Å². The van der Waals surface area contributed by atoms with Crippen LogP contribution in [0.5, 0.6) is 5.88 Å². The average molecular weight is 206 g/mol. The summed E-state index contributed by atoms with van der Waals surface area (Å²) in [5.41, 5.74) is 0. The number of piperidine rings is 1. The molecule has 4 heteroatoms. The molecule has 1 fully saturated rings. The van der Waals surface area contributed by atoms with Gasteiger partial charge in [0.25, 0.3) is 0 Å². The SMILES string of the molecule is O=CN1CCC(Oc2ccccn2)CC1. The third-order valence-corrected chi connectivity index (χ3v) is 2.55. The van der Waals surface area contributed by atoms with Crippen LogP contribution in [-0.2, 0) is 4.79 Å². The fraction of sp³-hybridized carbons (Fsp3) is 0.455. The Balaban J connectivity index is 1.85. The minimum atomic E-state index is 0.191. The molecule has 0 spiro atoms. The molecule has 0 saturated carbocycles. The summed E-state index contributed by atoms with van der Waals surface area (Å²) in [6, 6.07) is 5.62. The van der Waals surface area contributed by atoms with Gasteiger partial charge in [0, 0.05) is 38.2 Å². The van der Waals surface area contributed by atoms with Crippen molar-refractivity contribution < 1.29 is 9.53 Å². The molecule has 4 nitrogen and oxygen atoms in total. The maximum absolute atomic E-state index is 10.5. The Kier molecular flexibility index (Phi) is 3.17. The molecule has 1 aromatic heterocycles. The second kappa shape index (κ2) is 4.77. The van der Waals surface area contributed by atoms with Gasteiger partial charge in [0.15, 0.2) is 0 Å². The van der Waals surface area contributed by atoms with E-state index in [1.165, 1.54) is 0 Å². The van der Waals surface area contributed by atoms with Crippen LogP contribution in [0, 0.1) is 0 Å². The van der Waals surface area contributed by atoms with Gasteiger partial charge in [-0.15, -0.1) is 0 Å². The molecule has 0 unspecified atom stereocenters. The van der Waals surface area contributed by atoms with Gasteiger partial charge in [-0.3, -0.25) is 4.79 Å².